The molecule has 0 amide bonds. The lowest BCUT2D eigenvalue weighted by molar-refractivity contribution is 0.282. The topological polar surface area (TPSA) is 58.0 Å². The van der Waals surface area contributed by atoms with Gasteiger partial charge in [0.1, 0.15) is 10.8 Å². The minimum absolute atomic E-state index is 0.0327. The second-order valence-corrected chi connectivity index (χ2v) is 6.89. The lowest BCUT2D eigenvalue weighted by Crippen LogP contribution is -2.09. The Kier molecular flexibility index (Phi) is 4.91. The molecule has 4 aromatic rings. The minimum Gasteiger partial charge on any atom is -0.392 e. The first-order valence-corrected chi connectivity index (χ1v) is 9.44. The molecule has 0 aliphatic heterocycles. The van der Waals surface area contributed by atoms with Crippen molar-refractivity contribution in [1.29, 1.82) is 0 Å². The van der Waals surface area contributed by atoms with E-state index < -0.39 is 0 Å². The first-order chi connectivity index (χ1) is 12.8. The van der Waals surface area contributed by atoms with Crippen LogP contribution in [-0.2, 0) is 13.0 Å². The predicted octanol–water partition coefficient (Wildman–Crippen LogP) is 4.51. The van der Waals surface area contributed by atoms with E-state index >= 15 is 0 Å². The Hall–Kier alpha value is -2.76. The summed E-state index contributed by atoms with van der Waals surface area (Å²) in [6, 6.07) is 20.1. The largest absolute Gasteiger partial charge is 0.392 e. The van der Waals surface area contributed by atoms with Crippen molar-refractivity contribution in [3.05, 3.63) is 77.3 Å². The van der Waals surface area contributed by atoms with Crippen molar-refractivity contribution in [3.8, 4) is 10.6 Å². The van der Waals surface area contributed by atoms with Crippen LogP contribution >= 0.6 is 11.3 Å². The summed E-state index contributed by atoms with van der Waals surface area (Å²) in [5, 5.41) is 17.2. The van der Waals surface area contributed by atoms with Crippen LogP contribution in [0.5, 0.6) is 0 Å². The molecule has 130 valence electrons. The Morgan fingerprint density at radius 3 is 2.62 bits per heavy atom. The van der Waals surface area contributed by atoms with E-state index in [1.807, 2.05) is 48.5 Å². The second-order valence-electron chi connectivity index (χ2n) is 6.03. The molecule has 0 saturated carbocycles. The van der Waals surface area contributed by atoms with Gasteiger partial charge in [0, 0.05) is 34.9 Å². The predicted molar refractivity (Wildman–Crippen MR) is 107 cm³/mol. The van der Waals surface area contributed by atoms with Gasteiger partial charge in [-0.15, -0.1) is 11.3 Å². The molecule has 0 bridgehead atoms. The summed E-state index contributed by atoms with van der Waals surface area (Å²) in [7, 11) is 0. The van der Waals surface area contributed by atoms with Gasteiger partial charge in [-0.1, -0.05) is 48.5 Å². The van der Waals surface area contributed by atoms with Gasteiger partial charge in [0.05, 0.1) is 17.8 Å². The van der Waals surface area contributed by atoms with Crippen molar-refractivity contribution in [2.24, 2.45) is 0 Å². The number of fused-ring (bicyclic) bond motifs is 1. The lowest BCUT2D eigenvalue weighted by Gasteiger charge is -2.10. The Balaban J connectivity index is 1.45. The van der Waals surface area contributed by atoms with Gasteiger partial charge in [-0.25, -0.2) is 9.97 Å². The van der Waals surface area contributed by atoms with E-state index in [1.54, 1.807) is 11.3 Å². The molecule has 0 radical (unpaired) electrons. The maximum atomic E-state index is 9.63. The van der Waals surface area contributed by atoms with Crippen molar-refractivity contribution in [2.75, 3.05) is 11.9 Å². The average Bonchev–Trinajstić information content (AvgIpc) is 3.17. The third kappa shape index (κ3) is 3.59. The van der Waals surface area contributed by atoms with Crippen LogP contribution in [0.2, 0.25) is 0 Å². The number of hydrogen-bond donors (Lipinski definition) is 2. The quantitative estimate of drug-likeness (QED) is 0.531. The number of rotatable bonds is 6. The number of thiazole rings is 1. The summed E-state index contributed by atoms with van der Waals surface area (Å²) >= 11 is 1.66. The molecule has 4 nitrogen and oxygen atoms in total. The third-order valence-electron chi connectivity index (χ3n) is 4.22. The van der Waals surface area contributed by atoms with Crippen LogP contribution < -0.4 is 5.32 Å². The number of aliphatic hydroxyl groups is 1. The van der Waals surface area contributed by atoms with Gasteiger partial charge in [0.15, 0.2) is 0 Å². The number of nitrogens with zero attached hydrogens (tertiary/aromatic N) is 2. The van der Waals surface area contributed by atoms with E-state index in [-0.39, 0.29) is 6.61 Å². The minimum atomic E-state index is -0.0327. The van der Waals surface area contributed by atoms with Crippen LogP contribution in [0.4, 0.5) is 5.82 Å². The molecule has 0 aliphatic rings. The normalized spacial score (nSPS) is 11.0. The Morgan fingerprint density at radius 1 is 0.962 bits per heavy atom. The van der Waals surface area contributed by atoms with E-state index in [0.29, 0.717) is 0 Å². The molecular formula is C21H19N3OS. The molecule has 4 rings (SSSR count). The highest BCUT2D eigenvalue weighted by atomic mass is 32.1. The molecule has 0 aliphatic carbocycles. The van der Waals surface area contributed by atoms with Crippen LogP contribution in [0.3, 0.4) is 0 Å². The van der Waals surface area contributed by atoms with Gasteiger partial charge in [-0.2, -0.15) is 0 Å². The molecule has 0 atom stereocenters. The number of hydrogen-bond acceptors (Lipinski definition) is 5. The fourth-order valence-corrected chi connectivity index (χ4v) is 3.74. The Morgan fingerprint density at radius 2 is 1.77 bits per heavy atom. The van der Waals surface area contributed by atoms with Gasteiger partial charge in [-0.3, -0.25) is 0 Å². The average molecular weight is 361 g/mol. The van der Waals surface area contributed by atoms with Crippen LogP contribution in [0.1, 0.15) is 11.3 Å². The zero-order valence-corrected chi connectivity index (χ0v) is 15.0. The fraction of sp³-hybridized carbons (Fsp3) is 0.143. The number of para-hydroxylation sites is 1. The van der Waals surface area contributed by atoms with Crippen molar-refractivity contribution in [3.63, 3.8) is 0 Å². The van der Waals surface area contributed by atoms with Gasteiger partial charge in [0.2, 0.25) is 0 Å². The molecule has 2 aromatic carbocycles. The molecule has 0 saturated heterocycles. The smallest absolute Gasteiger partial charge is 0.132 e. The highest BCUT2D eigenvalue weighted by molar-refractivity contribution is 7.13. The molecule has 5 heteroatoms. The zero-order valence-electron chi connectivity index (χ0n) is 14.2. The van der Waals surface area contributed by atoms with Crippen LogP contribution in [0.25, 0.3) is 21.5 Å². The van der Waals surface area contributed by atoms with E-state index in [2.05, 4.69) is 27.8 Å². The van der Waals surface area contributed by atoms with Crippen molar-refractivity contribution >= 4 is 28.1 Å². The number of aromatic nitrogens is 2. The first-order valence-electron chi connectivity index (χ1n) is 8.57. The zero-order chi connectivity index (χ0) is 17.8. The van der Waals surface area contributed by atoms with Gasteiger partial charge < -0.3 is 10.4 Å². The van der Waals surface area contributed by atoms with Crippen LogP contribution in [-0.4, -0.2) is 21.6 Å². The van der Waals surface area contributed by atoms with Crippen molar-refractivity contribution in [1.82, 2.24) is 9.97 Å². The first kappa shape index (κ1) is 16.7. The molecule has 0 fully saturated rings. The summed E-state index contributed by atoms with van der Waals surface area (Å²) in [4.78, 5) is 9.35. The number of pyridine rings is 1. The molecular weight excluding hydrogens is 342 g/mol. The van der Waals surface area contributed by atoms with E-state index in [4.69, 9.17) is 4.98 Å². The summed E-state index contributed by atoms with van der Waals surface area (Å²) in [5.74, 6) is 0.740. The standard InChI is InChI=1S/C21H19N3OS/c25-13-17-12-16-8-4-5-9-19(16)24-20(17)22-11-10-18-14-26-21(23-18)15-6-2-1-3-7-15/h1-9,12,14,25H,10-11,13H2,(H,22,24). The number of aliphatic hydroxyl groups excluding tert-OH is 1. The lowest BCUT2D eigenvalue weighted by atomic mass is 10.1. The summed E-state index contributed by atoms with van der Waals surface area (Å²) < 4.78 is 0. The molecule has 2 aromatic heterocycles. The summed E-state index contributed by atoms with van der Waals surface area (Å²) in [6.45, 7) is 0.686. The Labute approximate surface area is 156 Å². The fourth-order valence-electron chi connectivity index (χ4n) is 2.88. The van der Waals surface area contributed by atoms with Crippen molar-refractivity contribution < 1.29 is 5.11 Å². The van der Waals surface area contributed by atoms with E-state index in [1.165, 1.54) is 0 Å². The molecule has 26 heavy (non-hydrogen) atoms. The molecule has 0 spiro atoms. The highest BCUT2D eigenvalue weighted by Gasteiger charge is 2.07. The maximum absolute atomic E-state index is 9.63. The Bertz CT molecular complexity index is 1010. The van der Waals surface area contributed by atoms with Crippen LogP contribution in [0, 0.1) is 0 Å². The van der Waals surface area contributed by atoms with Gasteiger partial charge in [0.25, 0.3) is 0 Å². The number of benzene rings is 2. The molecule has 2 N–H and O–H groups in total. The molecule has 0 unspecified atom stereocenters. The van der Waals surface area contributed by atoms with Gasteiger partial charge in [-0.05, 0) is 12.1 Å². The van der Waals surface area contributed by atoms with Crippen LogP contribution in [0.15, 0.2) is 66.0 Å². The third-order valence-corrected chi connectivity index (χ3v) is 5.16. The second kappa shape index (κ2) is 7.64. The number of anilines is 1. The summed E-state index contributed by atoms with van der Waals surface area (Å²) in [6.07, 6.45) is 0.808. The van der Waals surface area contributed by atoms with Gasteiger partial charge >= 0.3 is 0 Å². The van der Waals surface area contributed by atoms with Crippen molar-refractivity contribution in [2.45, 2.75) is 13.0 Å². The van der Waals surface area contributed by atoms with E-state index in [0.717, 1.165) is 51.5 Å². The summed E-state index contributed by atoms with van der Waals surface area (Å²) in [5.41, 5.74) is 3.95. The SMILES string of the molecule is OCc1cc2ccccc2nc1NCCc1csc(-c2ccccc2)n1. The maximum Gasteiger partial charge on any atom is 0.132 e. The molecule has 2 heterocycles. The van der Waals surface area contributed by atoms with E-state index in [9.17, 15) is 5.11 Å². The highest BCUT2D eigenvalue weighted by Crippen LogP contribution is 2.24. The monoisotopic (exact) mass is 361 g/mol. The number of nitrogens with one attached hydrogen (secondary N) is 1.